The van der Waals surface area contributed by atoms with Crippen LogP contribution in [0, 0.1) is 5.92 Å². The van der Waals surface area contributed by atoms with Gasteiger partial charge in [0.05, 0.1) is 11.5 Å². The second-order valence-electron chi connectivity index (χ2n) is 3.83. The number of aromatic carboxylic acids is 1. The molecule has 5 nitrogen and oxygen atoms in total. The Bertz CT molecular complexity index is 459. The SMILES string of the molecule is CCC(CN)C(=O)Nc1ccc(Br)c(C(=O)O)c1. The molecule has 1 unspecified atom stereocenters. The number of benzene rings is 1. The average molecular weight is 315 g/mol. The van der Waals surface area contributed by atoms with Crippen molar-refractivity contribution in [2.75, 3.05) is 11.9 Å². The zero-order valence-electron chi connectivity index (χ0n) is 9.94. The zero-order chi connectivity index (χ0) is 13.7. The molecule has 0 radical (unpaired) electrons. The van der Waals surface area contributed by atoms with E-state index in [9.17, 15) is 9.59 Å². The van der Waals surface area contributed by atoms with Gasteiger partial charge in [-0.3, -0.25) is 4.79 Å². The number of carbonyl (C=O) groups excluding carboxylic acids is 1. The summed E-state index contributed by atoms with van der Waals surface area (Å²) in [5.74, 6) is -1.51. The molecule has 0 aromatic heterocycles. The molecule has 0 bridgehead atoms. The molecule has 1 rings (SSSR count). The van der Waals surface area contributed by atoms with E-state index in [2.05, 4.69) is 21.2 Å². The van der Waals surface area contributed by atoms with Crippen LogP contribution in [0.3, 0.4) is 0 Å². The topological polar surface area (TPSA) is 92.4 Å². The molecule has 1 aromatic rings. The van der Waals surface area contributed by atoms with E-state index in [1.54, 1.807) is 12.1 Å². The van der Waals surface area contributed by atoms with Crippen LogP contribution in [0.1, 0.15) is 23.7 Å². The van der Waals surface area contributed by atoms with Crippen molar-refractivity contribution in [3.63, 3.8) is 0 Å². The van der Waals surface area contributed by atoms with Crippen LogP contribution in [-0.4, -0.2) is 23.5 Å². The molecule has 0 fully saturated rings. The van der Waals surface area contributed by atoms with Crippen molar-refractivity contribution in [2.24, 2.45) is 11.7 Å². The van der Waals surface area contributed by atoms with Crippen LogP contribution in [0.5, 0.6) is 0 Å². The first kappa shape index (κ1) is 14.7. The monoisotopic (exact) mass is 314 g/mol. The quantitative estimate of drug-likeness (QED) is 0.775. The van der Waals surface area contributed by atoms with Crippen molar-refractivity contribution >= 4 is 33.5 Å². The van der Waals surface area contributed by atoms with Crippen molar-refractivity contribution < 1.29 is 14.7 Å². The van der Waals surface area contributed by atoms with Crippen molar-refractivity contribution in [1.29, 1.82) is 0 Å². The third kappa shape index (κ3) is 3.54. The van der Waals surface area contributed by atoms with E-state index in [0.29, 0.717) is 16.6 Å². The fourth-order valence-corrected chi connectivity index (χ4v) is 1.89. The fraction of sp³-hybridized carbons (Fsp3) is 0.333. The molecule has 4 N–H and O–H groups in total. The number of halogens is 1. The first-order valence-electron chi connectivity index (χ1n) is 5.53. The number of hydrogen-bond donors (Lipinski definition) is 3. The molecule has 0 spiro atoms. The molecule has 18 heavy (non-hydrogen) atoms. The van der Waals surface area contributed by atoms with Gasteiger partial charge < -0.3 is 16.2 Å². The van der Waals surface area contributed by atoms with Gasteiger partial charge in [0.2, 0.25) is 5.91 Å². The summed E-state index contributed by atoms with van der Waals surface area (Å²) < 4.78 is 0.471. The molecule has 1 aromatic carbocycles. The summed E-state index contributed by atoms with van der Waals surface area (Å²) in [5, 5.41) is 11.6. The Kier molecular flexibility index (Phi) is 5.30. The minimum absolute atomic E-state index is 0.105. The lowest BCUT2D eigenvalue weighted by atomic mass is 10.1. The van der Waals surface area contributed by atoms with E-state index in [1.165, 1.54) is 6.07 Å². The molecule has 6 heteroatoms. The van der Waals surface area contributed by atoms with Crippen molar-refractivity contribution in [3.8, 4) is 0 Å². The van der Waals surface area contributed by atoms with Crippen molar-refractivity contribution in [1.82, 2.24) is 0 Å². The Morgan fingerprint density at radius 1 is 1.50 bits per heavy atom. The third-order valence-corrected chi connectivity index (χ3v) is 3.30. The number of carboxylic acids is 1. The molecule has 0 saturated carbocycles. The van der Waals surface area contributed by atoms with E-state index in [1.807, 2.05) is 6.92 Å². The van der Waals surface area contributed by atoms with E-state index in [-0.39, 0.29) is 23.9 Å². The summed E-state index contributed by atoms with van der Waals surface area (Å²) in [6, 6.07) is 4.63. The number of anilines is 1. The van der Waals surface area contributed by atoms with Gasteiger partial charge in [-0.05, 0) is 40.5 Å². The lowest BCUT2D eigenvalue weighted by Crippen LogP contribution is -2.28. The minimum atomic E-state index is -1.05. The lowest BCUT2D eigenvalue weighted by Gasteiger charge is -2.13. The largest absolute Gasteiger partial charge is 0.478 e. The van der Waals surface area contributed by atoms with Gasteiger partial charge in [-0.1, -0.05) is 6.92 Å². The molecular weight excluding hydrogens is 300 g/mol. The molecule has 1 amide bonds. The van der Waals surface area contributed by atoms with Crippen LogP contribution in [0.4, 0.5) is 5.69 Å². The zero-order valence-corrected chi connectivity index (χ0v) is 11.5. The summed E-state index contributed by atoms with van der Waals surface area (Å²) in [5.41, 5.74) is 6.03. The van der Waals surface area contributed by atoms with Crippen LogP contribution in [0.25, 0.3) is 0 Å². The predicted molar refractivity (Wildman–Crippen MR) is 72.6 cm³/mol. The Hall–Kier alpha value is -1.40. The molecule has 1 atom stereocenters. The van der Waals surface area contributed by atoms with Crippen LogP contribution in [0.15, 0.2) is 22.7 Å². The van der Waals surface area contributed by atoms with Crippen LogP contribution < -0.4 is 11.1 Å². The number of amides is 1. The average Bonchev–Trinajstić information content (AvgIpc) is 2.32. The van der Waals surface area contributed by atoms with Gasteiger partial charge in [0, 0.05) is 16.7 Å². The van der Waals surface area contributed by atoms with E-state index in [4.69, 9.17) is 10.8 Å². The summed E-state index contributed by atoms with van der Waals surface area (Å²) in [6.45, 7) is 2.14. The number of nitrogens with one attached hydrogen (secondary N) is 1. The van der Waals surface area contributed by atoms with E-state index >= 15 is 0 Å². The number of hydrogen-bond acceptors (Lipinski definition) is 3. The number of carboxylic acid groups (broad SMARTS) is 1. The standard InChI is InChI=1S/C12H15BrN2O3/c1-2-7(6-14)11(16)15-8-3-4-10(13)9(5-8)12(17)18/h3-5,7H,2,6,14H2,1H3,(H,15,16)(H,17,18). The summed E-state index contributed by atoms with van der Waals surface area (Å²) in [4.78, 5) is 22.7. The second-order valence-corrected chi connectivity index (χ2v) is 4.68. The van der Waals surface area contributed by atoms with Gasteiger partial charge in [0.1, 0.15) is 0 Å². The highest BCUT2D eigenvalue weighted by Crippen LogP contribution is 2.21. The lowest BCUT2D eigenvalue weighted by molar-refractivity contribution is -0.119. The van der Waals surface area contributed by atoms with Crippen LogP contribution in [0.2, 0.25) is 0 Å². The maximum Gasteiger partial charge on any atom is 0.336 e. The highest BCUT2D eigenvalue weighted by atomic mass is 79.9. The van der Waals surface area contributed by atoms with E-state index < -0.39 is 5.97 Å². The molecule has 0 aliphatic heterocycles. The Labute approximate surface area is 113 Å². The van der Waals surface area contributed by atoms with Gasteiger partial charge in [0.15, 0.2) is 0 Å². The predicted octanol–water partition coefficient (Wildman–Crippen LogP) is 2.07. The maximum atomic E-state index is 11.8. The fourth-order valence-electron chi connectivity index (χ4n) is 1.47. The summed E-state index contributed by atoms with van der Waals surface area (Å²) >= 11 is 3.14. The molecule has 0 heterocycles. The Morgan fingerprint density at radius 2 is 2.17 bits per heavy atom. The molecule has 98 valence electrons. The highest BCUT2D eigenvalue weighted by Gasteiger charge is 2.16. The van der Waals surface area contributed by atoms with Gasteiger partial charge in [-0.15, -0.1) is 0 Å². The molecule has 0 saturated heterocycles. The van der Waals surface area contributed by atoms with Gasteiger partial charge in [-0.2, -0.15) is 0 Å². The molecule has 0 aliphatic rings. The number of rotatable bonds is 5. The number of nitrogens with two attached hydrogens (primary N) is 1. The smallest absolute Gasteiger partial charge is 0.336 e. The molecular formula is C12H15BrN2O3. The van der Waals surface area contributed by atoms with Crippen molar-refractivity contribution in [3.05, 3.63) is 28.2 Å². The normalized spacial score (nSPS) is 11.9. The summed E-state index contributed by atoms with van der Waals surface area (Å²) in [6.07, 6.45) is 0.644. The first-order valence-corrected chi connectivity index (χ1v) is 6.32. The van der Waals surface area contributed by atoms with Crippen LogP contribution in [-0.2, 0) is 4.79 Å². The van der Waals surface area contributed by atoms with E-state index in [0.717, 1.165) is 0 Å². The maximum absolute atomic E-state index is 11.8. The highest BCUT2D eigenvalue weighted by molar-refractivity contribution is 9.10. The Morgan fingerprint density at radius 3 is 2.67 bits per heavy atom. The summed E-state index contributed by atoms with van der Waals surface area (Å²) in [7, 11) is 0. The second kappa shape index (κ2) is 6.51. The third-order valence-electron chi connectivity index (χ3n) is 2.61. The Balaban J connectivity index is 2.89. The van der Waals surface area contributed by atoms with Gasteiger partial charge >= 0.3 is 5.97 Å². The number of carbonyl (C=O) groups is 2. The van der Waals surface area contributed by atoms with Crippen LogP contribution >= 0.6 is 15.9 Å². The van der Waals surface area contributed by atoms with Gasteiger partial charge in [-0.25, -0.2) is 4.79 Å². The van der Waals surface area contributed by atoms with Gasteiger partial charge in [0.25, 0.3) is 0 Å². The minimum Gasteiger partial charge on any atom is -0.478 e. The first-order chi connectivity index (χ1) is 8.49. The molecule has 0 aliphatic carbocycles. The van der Waals surface area contributed by atoms with Crippen molar-refractivity contribution in [2.45, 2.75) is 13.3 Å².